The minimum absolute atomic E-state index is 0.325. The fourth-order valence-electron chi connectivity index (χ4n) is 2.03. The molecule has 0 unspecified atom stereocenters. The number of phenols is 2. The van der Waals surface area contributed by atoms with Gasteiger partial charge in [-0.3, -0.25) is 0 Å². The molecule has 1 rings (SSSR count). The SMILES string of the molecule is CCCCCc1c(O)ccc(O)c1CCC. The Morgan fingerprint density at radius 3 is 1.88 bits per heavy atom. The fraction of sp³-hybridized carbons (Fsp3) is 0.571. The first-order valence-electron chi connectivity index (χ1n) is 6.23. The largest absolute Gasteiger partial charge is 0.508 e. The van der Waals surface area contributed by atoms with Crippen LogP contribution in [0.25, 0.3) is 0 Å². The molecule has 0 aromatic heterocycles. The topological polar surface area (TPSA) is 40.5 Å². The maximum absolute atomic E-state index is 9.83. The molecule has 2 N–H and O–H groups in total. The number of aromatic hydroxyl groups is 2. The molecule has 1 aromatic rings. The Morgan fingerprint density at radius 1 is 0.812 bits per heavy atom. The molecule has 0 spiro atoms. The normalized spacial score (nSPS) is 10.6. The van der Waals surface area contributed by atoms with Gasteiger partial charge >= 0.3 is 0 Å². The lowest BCUT2D eigenvalue weighted by Crippen LogP contribution is -1.96. The summed E-state index contributed by atoms with van der Waals surface area (Å²) in [6.45, 7) is 4.24. The highest BCUT2D eigenvalue weighted by atomic mass is 16.3. The molecule has 2 nitrogen and oxygen atoms in total. The molecular weight excluding hydrogens is 200 g/mol. The van der Waals surface area contributed by atoms with Crippen LogP contribution in [0.5, 0.6) is 11.5 Å². The van der Waals surface area contributed by atoms with Crippen molar-refractivity contribution in [3.63, 3.8) is 0 Å². The van der Waals surface area contributed by atoms with Crippen molar-refractivity contribution in [2.75, 3.05) is 0 Å². The van der Waals surface area contributed by atoms with Crippen molar-refractivity contribution in [1.82, 2.24) is 0 Å². The number of unbranched alkanes of at least 4 members (excludes halogenated alkanes) is 2. The molecule has 0 aliphatic carbocycles. The van der Waals surface area contributed by atoms with E-state index in [4.69, 9.17) is 0 Å². The predicted octanol–water partition coefficient (Wildman–Crippen LogP) is 3.78. The molecule has 0 aliphatic heterocycles. The van der Waals surface area contributed by atoms with Crippen LogP contribution in [0.15, 0.2) is 12.1 Å². The predicted molar refractivity (Wildman–Crippen MR) is 67.0 cm³/mol. The molecule has 0 saturated carbocycles. The molecule has 0 bridgehead atoms. The van der Waals surface area contributed by atoms with Gasteiger partial charge in [0.25, 0.3) is 0 Å². The molecule has 0 heterocycles. The van der Waals surface area contributed by atoms with Crippen LogP contribution in [0.2, 0.25) is 0 Å². The standard InChI is InChI=1S/C14H22O2/c1-3-5-6-8-12-11(7-4-2)13(15)9-10-14(12)16/h9-10,15-16H,3-8H2,1-2H3. The number of benzene rings is 1. The van der Waals surface area contributed by atoms with Crippen molar-refractivity contribution < 1.29 is 10.2 Å². The second-order valence-electron chi connectivity index (χ2n) is 4.27. The first kappa shape index (κ1) is 12.9. The third kappa shape index (κ3) is 3.16. The summed E-state index contributed by atoms with van der Waals surface area (Å²) in [7, 11) is 0. The average Bonchev–Trinajstić information content (AvgIpc) is 2.27. The van der Waals surface area contributed by atoms with E-state index in [9.17, 15) is 10.2 Å². The van der Waals surface area contributed by atoms with Gasteiger partial charge in [0.1, 0.15) is 11.5 Å². The summed E-state index contributed by atoms with van der Waals surface area (Å²) in [5.41, 5.74) is 1.87. The number of hydrogen-bond donors (Lipinski definition) is 2. The molecule has 0 saturated heterocycles. The van der Waals surface area contributed by atoms with Gasteiger partial charge in [-0.15, -0.1) is 0 Å². The van der Waals surface area contributed by atoms with E-state index in [0.717, 1.165) is 36.8 Å². The van der Waals surface area contributed by atoms with E-state index in [-0.39, 0.29) is 0 Å². The molecule has 0 fully saturated rings. The first-order chi connectivity index (χ1) is 7.70. The Balaban J connectivity index is 2.89. The average molecular weight is 222 g/mol. The monoisotopic (exact) mass is 222 g/mol. The van der Waals surface area contributed by atoms with Crippen LogP contribution in [-0.4, -0.2) is 10.2 Å². The molecule has 0 aliphatic rings. The lowest BCUT2D eigenvalue weighted by molar-refractivity contribution is 0.446. The van der Waals surface area contributed by atoms with E-state index in [1.807, 2.05) is 0 Å². The summed E-state index contributed by atoms with van der Waals surface area (Å²) < 4.78 is 0. The van der Waals surface area contributed by atoms with Crippen molar-refractivity contribution in [1.29, 1.82) is 0 Å². The van der Waals surface area contributed by atoms with E-state index in [1.165, 1.54) is 12.8 Å². The van der Waals surface area contributed by atoms with Crippen molar-refractivity contribution in [2.45, 2.75) is 52.4 Å². The molecule has 0 radical (unpaired) electrons. The lowest BCUT2D eigenvalue weighted by Gasteiger charge is -2.12. The second kappa shape index (κ2) is 6.41. The van der Waals surface area contributed by atoms with Gasteiger partial charge in [0.2, 0.25) is 0 Å². The van der Waals surface area contributed by atoms with Gasteiger partial charge < -0.3 is 10.2 Å². The maximum Gasteiger partial charge on any atom is 0.119 e. The third-order valence-corrected chi connectivity index (χ3v) is 2.91. The van der Waals surface area contributed by atoms with Crippen LogP contribution in [0.3, 0.4) is 0 Å². The second-order valence-corrected chi connectivity index (χ2v) is 4.27. The van der Waals surface area contributed by atoms with Gasteiger partial charge in [0.05, 0.1) is 0 Å². The van der Waals surface area contributed by atoms with Crippen LogP contribution in [0.1, 0.15) is 50.7 Å². The molecule has 0 amide bonds. The van der Waals surface area contributed by atoms with Crippen molar-refractivity contribution in [2.24, 2.45) is 0 Å². The number of rotatable bonds is 6. The Bertz CT molecular complexity index is 332. The van der Waals surface area contributed by atoms with E-state index in [0.29, 0.717) is 11.5 Å². The molecule has 90 valence electrons. The zero-order chi connectivity index (χ0) is 12.0. The van der Waals surface area contributed by atoms with Crippen molar-refractivity contribution >= 4 is 0 Å². The van der Waals surface area contributed by atoms with E-state index in [2.05, 4.69) is 13.8 Å². The highest BCUT2D eigenvalue weighted by Crippen LogP contribution is 2.31. The summed E-state index contributed by atoms with van der Waals surface area (Å²) in [6, 6.07) is 3.18. The fourth-order valence-corrected chi connectivity index (χ4v) is 2.03. The Labute approximate surface area is 97.9 Å². The summed E-state index contributed by atoms with van der Waals surface area (Å²) in [5, 5.41) is 19.6. The molecule has 2 heteroatoms. The molecule has 0 atom stereocenters. The maximum atomic E-state index is 9.83. The Hall–Kier alpha value is -1.18. The summed E-state index contributed by atoms with van der Waals surface area (Å²) in [4.78, 5) is 0. The highest BCUT2D eigenvalue weighted by molar-refractivity contribution is 5.47. The third-order valence-electron chi connectivity index (χ3n) is 2.91. The van der Waals surface area contributed by atoms with Crippen molar-refractivity contribution in [3.05, 3.63) is 23.3 Å². The van der Waals surface area contributed by atoms with Gasteiger partial charge in [0, 0.05) is 11.1 Å². The van der Waals surface area contributed by atoms with E-state index in [1.54, 1.807) is 12.1 Å². The van der Waals surface area contributed by atoms with Crippen LogP contribution in [0.4, 0.5) is 0 Å². The smallest absolute Gasteiger partial charge is 0.119 e. The Morgan fingerprint density at radius 2 is 1.38 bits per heavy atom. The number of phenolic OH excluding ortho intramolecular Hbond substituents is 2. The van der Waals surface area contributed by atoms with Gasteiger partial charge in [-0.1, -0.05) is 33.1 Å². The van der Waals surface area contributed by atoms with Gasteiger partial charge in [-0.2, -0.15) is 0 Å². The zero-order valence-corrected chi connectivity index (χ0v) is 10.3. The van der Waals surface area contributed by atoms with Gasteiger partial charge in [0.15, 0.2) is 0 Å². The lowest BCUT2D eigenvalue weighted by atomic mass is 9.96. The van der Waals surface area contributed by atoms with Gasteiger partial charge in [-0.25, -0.2) is 0 Å². The quantitative estimate of drug-likeness (QED) is 0.568. The minimum atomic E-state index is 0.325. The molecule has 16 heavy (non-hydrogen) atoms. The van der Waals surface area contributed by atoms with Crippen LogP contribution >= 0.6 is 0 Å². The van der Waals surface area contributed by atoms with Crippen LogP contribution < -0.4 is 0 Å². The molecular formula is C14H22O2. The highest BCUT2D eigenvalue weighted by Gasteiger charge is 2.11. The van der Waals surface area contributed by atoms with Gasteiger partial charge in [-0.05, 0) is 31.4 Å². The Kier molecular flexibility index (Phi) is 5.17. The zero-order valence-electron chi connectivity index (χ0n) is 10.3. The molecule has 1 aromatic carbocycles. The van der Waals surface area contributed by atoms with E-state index < -0.39 is 0 Å². The summed E-state index contributed by atoms with van der Waals surface area (Å²) in [6.07, 6.45) is 6.09. The van der Waals surface area contributed by atoms with Crippen LogP contribution in [-0.2, 0) is 12.8 Å². The summed E-state index contributed by atoms with van der Waals surface area (Å²) >= 11 is 0. The summed E-state index contributed by atoms with van der Waals surface area (Å²) in [5.74, 6) is 0.656. The first-order valence-corrected chi connectivity index (χ1v) is 6.23. The van der Waals surface area contributed by atoms with Crippen LogP contribution in [0, 0.1) is 0 Å². The minimum Gasteiger partial charge on any atom is -0.508 e. The van der Waals surface area contributed by atoms with Crippen molar-refractivity contribution in [3.8, 4) is 11.5 Å². The van der Waals surface area contributed by atoms with E-state index >= 15 is 0 Å². The number of hydrogen-bond acceptors (Lipinski definition) is 2.